The number of benzene rings is 2. The fraction of sp³-hybridized carbons (Fsp3) is 0.391. The maximum Gasteiger partial charge on any atom is 0.226 e. The molecule has 1 atom stereocenters. The monoisotopic (exact) mass is 396 g/mol. The Morgan fingerprint density at radius 2 is 2.07 bits per heavy atom. The van der Waals surface area contributed by atoms with Crippen LogP contribution in [0.3, 0.4) is 0 Å². The fourth-order valence-electron chi connectivity index (χ4n) is 3.76. The standard InChI is InChI=1S/C23H25FN2O3/c1-28-18-9-4-6-16(12-18)14-26(23(27)17-7-5-8-17)15-19-13-22(25-29-19)20-10-2-3-11-21(20)24/h2-4,6,9-12,17,19H,5,7-8,13-15H2,1H3. The van der Waals surface area contributed by atoms with Crippen LogP contribution in [0.2, 0.25) is 0 Å². The molecule has 0 N–H and O–H groups in total. The lowest BCUT2D eigenvalue weighted by Crippen LogP contribution is -2.42. The van der Waals surface area contributed by atoms with E-state index in [2.05, 4.69) is 5.16 Å². The van der Waals surface area contributed by atoms with Gasteiger partial charge in [-0.2, -0.15) is 0 Å². The molecule has 2 aromatic carbocycles. The minimum atomic E-state index is -0.311. The van der Waals surface area contributed by atoms with Crippen molar-refractivity contribution in [1.29, 1.82) is 0 Å². The second-order valence-electron chi connectivity index (χ2n) is 7.65. The van der Waals surface area contributed by atoms with Crippen LogP contribution in [0.4, 0.5) is 4.39 Å². The van der Waals surface area contributed by atoms with Crippen LogP contribution in [0.15, 0.2) is 53.7 Å². The lowest BCUT2D eigenvalue weighted by Gasteiger charge is -2.32. The van der Waals surface area contributed by atoms with Crippen molar-refractivity contribution in [2.45, 2.75) is 38.3 Å². The van der Waals surface area contributed by atoms with Crippen molar-refractivity contribution in [3.8, 4) is 5.75 Å². The molecule has 6 heteroatoms. The van der Waals surface area contributed by atoms with E-state index >= 15 is 0 Å². The molecule has 1 fully saturated rings. The summed E-state index contributed by atoms with van der Waals surface area (Å²) in [4.78, 5) is 20.4. The van der Waals surface area contributed by atoms with Crippen molar-refractivity contribution < 1.29 is 18.8 Å². The number of hydrogen-bond donors (Lipinski definition) is 0. The smallest absolute Gasteiger partial charge is 0.226 e. The number of amides is 1. The second-order valence-corrected chi connectivity index (χ2v) is 7.65. The van der Waals surface area contributed by atoms with Gasteiger partial charge in [-0.15, -0.1) is 0 Å². The number of rotatable bonds is 7. The van der Waals surface area contributed by atoms with Gasteiger partial charge in [0.05, 0.1) is 19.4 Å². The van der Waals surface area contributed by atoms with Crippen LogP contribution in [-0.4, -0.2) is 36.3 Å². The van der Waals surface area contributed by atoms with Crippen LogP contribution >= 0.6 is 0 Å². The molecule has 5 nitrogen and oxygen atoms in total. The highest BCUT2D eigenvalue weighted by Crippen LogP contribution is 2.30. The van der Waals surface area contributed by atoms with Gasteiger partial charge in [0.2, 0.25) is 5.91 Å². The Kier molecular flexibility index (Phi) is 5.79. The first kappa shape index (κ1) is 19.4. The highest BCUT2D eigenvalue weighted by atomic mass is 19.1. The van der Waals surface area contributed by atoms with Crippen molar-refractivity contribution in [3.63, 3.8) is 0 Å². The summed E-state index contributed by atoms with van der Waals surface area (Å²) in [6.07, 6.45) is 3.18. The largest absolute Gasteiger partial charge is 0.497 e. The Hall–Kier alpha value is -2.89. The Morgan fingerprint density at radius 1 is 1.24 bits per heavy atom. The van der Waals surface area contributed by atoms with Gasteiger partial charge in [-0.25, -0.2) is 4.39 Å². The summed E-state index contributed by atoms with van der Waals surface area (Å²) in [5.74, 6) is 0.700. The Morgan fingerprint density at radius 3 is 2.79 bits per heavy atom. The van der Waals surface area contributed by atoms with Gasteiger partial charge in [0.1, 0.15) is 11.6 Å². The third-order valence-corrected chi connectivity index (χ3v) is 5.62. The van der Waals surface area contributed by atoms with E-state index in [4.69, 9.17) is 9.57 Å². The molecule has 29 heavy (non-hydrogen) atoms. The normalized spacial score (nSPS) is 18.6. The third-order valence-electron chi connectivity index (χ3n) is 5.62. The second kappa shape index (κ2) is 8.64. The van der Waals surface area contributed by atoms with Crippen LogP contribution in [0.1, 0.15) is 36.8 Å². The average Bonchev–Trinajstić information content (AvgIpc) is 3.15. The van der Waals surface area contributed by atoms with Crippen molar-refractivity contribution in [2.24, 2.45) is 11.1 Å². The number of oxime groups is 1. The van der Waals surface area contributed by atoms with Crippen molar-refractivity contribution in [1.82, 2.24) is 4.90 Å². The molecule has 0 aromatic heterocycles. The predicted molar refractivity (Wildman–Crippen MR) is 108 cm³/mol. The highest BCUT2D eigenvalue weighted by molar-refractivity contribution is 6.01. The number of halogens is 1. The first-order chi connectivity index (χ1) is 14.1. The lowest BCUT2D eigenvalue weighted by atomic mass is 9.84. The van der Waals surface area contributed by atoms with E-state index in [1.165, 1.54) is 6.07 Å². The first-order valence-corrected chi connectivity index (χ1v) is 10.0. The van der Waals surface area contributed by atoms with Gasteiger partial charge in [-0.05, 0) is 36.6 Å². The topological polar surface area (TPSA) is 51.1 Å². The van der Waals surface area contributed by atoms with Gasteiger partial charge in [0, 0.05) is 24.4 Å². The highest BCUT2D eigenvalue weighted by Gasteiger charge is 2.33. The molecule has 1 saturated carbocycles. The van der Waals surface area contributed by atoms with E-state index in [1.807, 2.05) is 29.2 Å². The fourth-order valence-corrected chi connectivity index (χ4v) is 3.76. The molecule has 0 radical (unpaired) electrons. The minimum Gasteiger partial charge on any atom is -0.497 e. The van der Waals surface area contributed by atoms with Gasteiger partial charge >= 0.3 is 0 Å². The van der Waals surface area contributed by atoms with Crippen molar-refractivity contribution >= 4 is 11.6 Å². The Labute approximate surface area is 170 Å². The van der Waals surface area contributed by atoms with Gasteiger partial charge in [0.15, 0.2) is 6.10 Å². The van der Waals surface area contributed by atoms with Crippen LogP contribution in [-0.2, 0) is 16.2 Å². The summed E-state index contributed by atoms with van der Waals surface area (Å²) in [5, 5.41) is 4.09. The molecule has 0 saturated heterocycles. The zero-order chi connectivity index (χ0) is 20.2. The SMILES string of the molecule is COc1cccc(CN(CC2CC(c3ccccc3F)=NO2)C(=O)C2CCC2)c1. The van der Waals surface area contributed by atoms with Crippen LogP contribution in [0.5, 0.6) is 5.75 Å². The number of carbonyl (C=O) groups is 1. The summed E-state index contributed by atoms with van der Waals surface area (Å²) in [6, 6.07) is 14.3. The van der Waals surface area contributed by atoms with Crippen LogP contribution < -0.4 is 4.74 Å². The quantitative estimate of drug-likeness (QED) is 0.706. The maximum absolute atomic E-state index is 14.1. The molecular weight excluding hydrogens is 371 g/mol. The molecule has 4 rings (SSSR count). The Balaban J connectivity index is 1.46. The van der Waals surface area contributed by atoms with Crippen molar-refractivity contribution in [2.75, 3.05) is 13.7 Å². The minimum absolute atomic E-state index is 0.0916. The molecular formula is C23H25FN2O3. The first-order valence-electron chi connectivity index (χ1n) is 10.0. The maximum atomic E-state index is 14.1. The molecule has 2 aliphatic rings. The number of nitrogens with zero attached hydrogens (tertiary/aromatic N) is 2. The molecule has 1 heterocycles. The average molecular weight is 396 g/mol. The molecule has 152 valence electrons. The number of ether oxygens (including phenoxy) is 1. The third kappa shape index (κ3) is 4.42. The molecule has 0 bridgehead atoms. The van der Waals surface area contributed by atoms with Gasteiger partial charge < -0.3 is 14.5 Å². The van der Waals surface area contributed by atoms with Gasteiger partial charge in [0.25, 0.3) is 0 Å². The van der Waals surface area contributed by atoms with E-state index in [1.54, 1.807) is 25.3 Å². The van der Waals surface area contributed by atoms with Gasteiger partial charge in [-0.1, -0.05) is 41.9 Å². The number of carbonyl (C=O) groups excluding carboxylic acids is 1. The summed E-state index contributed by atoms with van der Waals surface area (Å²) in [7, 11) is 1.63. The molecule has 1 aliphatic heterocycles. The lowest BCUT2D eigenvalue weighted by molar-refractivity contribution is -0.140. The van der Waals surface area contributed by atoms with Gasteiger partial charge in [-0.3, -0.25) is 4.79 Å². The molecule has 1 amide bonds. The van der Waals surface area contributed by atoms with Crippen LogP contribution in [0, 0.1) is 11.7 Å². The summed E-state index contributed by atoms with van der Waals surface area (Å²) in [6.45, 7) is 0.912. The molecule has 2 aromatic rings. The molecule has 0 spiro atoms. The van der Waals surface area contributed by atoms with Crippen LogP contribution in [0.25, 0.3) is 0 Å². The summed E-state index contributed by atoms with van der Waals surface area (Å²) in [5.41, 5.74) is 2.05. The number of hydrogen-bond acceptors (Lipinski definition) is 4. The predicted octanol–water partition coefficient (Wildman–Crippen LogP) is 4.16. The number of methoxy groups -OCH3 is 1. The van der Waals surface area contributed by atoms with E-state index in [0.29, 0.717) is 30.8 Å². The van der Waals surface area contributed by atoms with Crippen molar-refractivity contribution in [3.05, 3.63) is 65.5 Å². The summed E-state index contributed by atoms with van der Waals surface area (Å²) >= 11 is 0. The van der Waals surface area contributed by atoms with E-state index < -0.39 is 0 Å². The zero-order valence-electron chi connectivity index (χ0n) is 16.5. The van der Waals surface area contributed by atoms with E-state index in [9.17, 15) is 9.18 Å². The van der Waals surface area contributed by atoms with E-state index in [-0.39, 0.29) is 23.7 Å². The zero-order valence-corrected chi connectivity index (χ0v) is 16.5. The summed E-state index contributed by atoms with van der Waals surface area (Å²) < 4.78 is 19.4. The van der Waals surface area contributed by atoms with E-state index in [0.717, 1.165) is 30.6 Å². The molecule has 1 unspecified atom stereocenters. The molecule has 1 aliphatic carbocycles. The Bertz CT molecular complexity index is 911.